The molecule has 0 bridgehead atoms. The van der Waals surface area contributed by atoms with Crippen LogP contribution in [0.2, 0.25) is 5.02 Å². The molecule has 1 rings (SSSR count). The minimum atomic E-state index is 0.664. The molecule has 1 atom stereocenters. The molecule has 0 aromatic heterocycles. The lowest BCUT2D eigenvalue weighted by Gasteiger charge is -2.10. The fourth-order valence-electron chi connectivity index (χ4n) is 2.32. The van der Waals surface area contributed by atoms with Crippen molar-refractivity contribution in [1.82, 2.24) is 0 Å². The summed E-state index contributed by atoms with van der Waals surface area (Å²) in [5, 5.41) is 0.825. The Bertz CT molecular complexity index is 309. The summed E-state index contributed by atoms with van der Waals surface area (Å²) >= 11 is 5.82. The minimum absolute atomic E-state index is 0.664. The van der Waals surface area contributed by atoms with Gasteiger partial charge < -0.3 is 0 Å². The molecule has 0 saturated heterocycles. The normalized spacial score (nSPS) is 11.7. The molecule has 0 aliphatic heterocycles. The number of unbranched alkanes of at least 4 members (excludes halogenated alkanes) is 6. The summed E-state index contributed by atoms with van der Waals surface area (Å²) in [5.41, 5.74) is 1.40. The average Bonchev–Trinajstić information content (AvgIpc) is 2.50. The van der Waals surface area contributed by atoms with Crippen molar-refractivity contribution in [3.8, 4) is 0 Å². The van der Waals surface area contributed by atoms with Gasteiger partial charge in [-0.1, -0.05) is 103 Å². The van der Waals surface area contributed by atoms with E-state index in [1.165, 1.54) is 63.4 Å². The summed E-state index contributed by atoms with van der Waals surface area (Å²) in [4.78, 5) is 0. The van der Waals surface area contributed by atoms with Gasteiger partial charge in [0.2, 0.25) is 0 Å². The van der Waals surface area contributed by atoms with Gasteiger partial charge in [-0.25, -0.2) is 0 Å². The van der Waals surface area contributed by atoms with Crippen LogP contribution in [0, 0.1) is 0 Å². The zero-order valence-electron chi connectivity index (χ0n) is 14.6. The molecule has 21 heavy (non-hydrogen) atoms. The van der Waals surface area contributed by atoms with Gasteiger partial charge in [-0.15, -0.1) is 0 Å². The molecule has 1 aromatic carbocycles. The highest BCUT2D eigenvalue weighted by Gasteiger charge is 2.03. The molecular formula is C20H35Cl. The van der Waals surface area contributed by atoms with Gasteiger partial charge in [0.1, 0.15) is 0 Å². The van der Waals surface area contributed by atoms with E-state index in [2.05, 4.69) is 39.8 Å². The third kappa shape index (κ3) is 11.8. The van der Waals surface area contributed by atoms with Gasteiger partial charge >= 0.3 is 0 Å². The van der Waals surface area contributed by atoms with E-state index in [0.29, 0.717) is 5.92 Å². The van der Waals surface area contributed by atoms with E-state index in [1.807, 2.05) is 12.1 Å². The predicted octanol–water partition coefficient (Wildman–Crippen LogP) is 8.00. The van der Waals surface area contributed by atoms with Crippen molar-refractivity contribution in [3.05, 3.63) is 34.9 Å². The molecule has 0 amide bonds. The summed E-state index contributed by atoms with van der Waals surface area (Å²) in [6.45, 7) is 9.02. The van der Waals surface area contributed by atoms with Crippen LogP contribution in [0.3, 0.4) is 0 Å². The first-order valence-corrected chi connectivity index (χ1v) is 9.28. The Morgan fingerprint density at radius 2 is 1.24 bits per heavy atom. The van der Waals surface area contributed by atoms with Crippen LogP contribution in [-0.2, 0) is 0 Å². The van der Waals surface area contributed by atoms with Gasteiger partial charge in [0.05, 0.1) is 0 Å². The van der Waals surface area contributed by atoms with Crippen LogP contribution in [-0.4, -0.2) is 0 Å². The highest BCUT2D eigenvalue weighted by molar-refractivity contribution is 6.30. The van der Waals surface area contributed by atoms with Crippen LogP contribution in [0.15, 0.2) is 24.3 Å². The molecule has 0 heterocycles. The molecule has 1 heteroatoms. The molecule has 122 valence electrons. The zero-order valence-corrected chi connectivity index (χ0v) is 15.4. The minimum Gasteiger partial charge on any atom is -0.0843 e. The van der Waals surface area contributed by atoms with Crippen molar-refractivity contribution < 1.29 is 0 Å². The third-order valence-corrected chi connectivity index (χ3v) is 4.14. The van der Waals surface area contributed by atoms with Crippen LogP contribution in [0.5, 0.6) is 0 Å². The van der Waals surface area contributed by atoms with Crippen molar-refractivity contribution >= 4 is 11.6 Å². The Morgan fingerprint density at radius 1 is 0.762 bits per heavy atom. The summed E-state index contributed by atoms with van der Waals surface area (Å²) < 4.78 is 0. The molecule has 0 spiro atoms. The first-order chi connectivity index (χ1) is 10.2. The topological polar surface area (TPSA) is 0 Å². The number of hydrogen-bond acceptors (Lipinski definition) is 0. The molecular weight excluding hydrogens is 276 g/mol. The molecule has 0 fully saturated rings. The van der Waals surface area contributed by atoms with E-state index in [9.17, 15) is 0 Å². The molecule has 1 aromatic rings. The van der Waals surface area contributed by atoms with Crippen molar-refractivity contribution in [2.75, 3.05) is 0 Å². The fourth-order valence-corrected chi connectivity index (χ4v) is 2.45. The number of rotatable bonds is 9. The van der Waals surface area contributed by atoms with Crippen molar-refractivity contribution in [2.24, 2.45) is 0 Å². The summed E-state index contributed by atoms with van der Waals surface area (Å²) in [7, 11) is 0. The van der Waals surface area contributed by atoms with E-state index in [4.69, 9.17) is 11.6 Å². The first-order valence-electron chi connectivity index (χ1n) is 8.91. The summed E-state index contributed by atoms with van der Waals surface area (Å²) in [6, 6.07) is 8.20. The van der Waals surface area contributed by atoms with Crippen LogP contribution < -0.4 is 0 Å². The highest BCUT2D eigenvalue weighted by Crippen LogP contribution is 2.22. The first kappa shape index (κ1) is 20.5. The van der Waals surface area contributed by atoms with Gasteiger partial charge in [-0.3, -0.25) is 0 Å². The maximum absolute atomic E-state index is 5.82. The van der Waals surface area contributed by atoms with Crippen LogP contribution in [0.1, 0.15) is 97.0 Å². The maximum Gasteiger partial charge on any atom is 0.0406 e. The van der Waals surface area contributed by atoms with Gasteiger partial charge in [0, 0.05) is 5.02 Å². The summed E-state index contributed by atoms with van der Waals surface area (Å²) in [6.07, 6.45) is 12.3. The van der Waals surface area contributed by atoms with E-state index < -0.39 is 0 Å². The van der Waals surface area contributed by atoms with E-state index in [1.54, 1.807) is 0 Å². The van der Waals surface area contributed by atoms with Crippen molar-refractivity contribution in [2.45, 2.75) is 91.4 Å². The molecule has 0 aliphatic rings. The average molecular weight is 311 g/mol. The van der Waals surface area contributed by atoms with Crippen LogP contribution >= 0.6 is 11.6 Å². The largest absolute Gasteiger partial charge is 0.0843 e. The second kappa shape index (κ2) is 14.4. The van der Waals surface area contributed by atoms with E-state index >= 15 is 0 Å². The van der Waals surface area contributed by atoms with Crippen LogP contribution in [0.4, 0.5) is 0 Å². The molecule has 0 aliphatic carbocycles. The Balaban J connectivity index is 0.000000433. The monoisotopic (exact) mass is 310 g/mol. The SMILES string of the molecule is CCCCC(C)c1ccc(Cl)cc1.CCCCCCCC. The Kier molecular flexibility index (Phi) is 14.1. The number of benzene rings is 1. The maximum atomic E-state index is 5.82. The molecule has 1 unspecified atom stereocenters. The van der Waals surface area contributed by atoms with E-state index in [0.717, 1.165) is 5.02 Å². The predicted molar refractivity (Wildman–Crippen MR) is 98.4 cm³/mol. The number of halogens is 1. The third-order valence-electron chi connectivity index (χ3n) is 3.89. The Morgan fingerprint density at radius 3 is 1.67 bits per heavy atom. The van der Waals surface area contributed by atoms with Crippen molar-refractivity contribution in [1.29, 1.82) is 0 Å². The Labute approximate surface area is 138 Å². The van der Waals surface area contributed by atoms with E-state index in [-0.39, 0.29) is 0 Å². The van der Waals surface area contributed by atoms with Gasteiger partial charge in [0.25, 0.3) is 0 Å². The number of hydrogen-bond donors (Lipinski definition) is 0. The van der Waals surface area contributed by atoms with Gasteiger partial charge in [0.15, 0.2) is 0 Å². The summed E-state index contributed by atoms with van der Waals surface area (Å²) in [5.74, 6) is 0.664. The standard InChI is InChI=1S/C12H17Cl.C8H18/c1-3-4-5-10(2)11-6-8-12(13)9-7-11;1-3-5-7-8-6-4-2/h6-10H,3-5H2,1-2H3;3-8H2,1-2H3. The quantitative estimate of drug-likeness (QED) is 0.405. The fraction of sp³-hybridized carbons (Fsp3) is 0.700. The zero-order chi connectivity index (χ0) is 15.9. The lowest BCUT2D eigenvalue weighted by atomic mass is 9.96. The second-order valence-corrected chi connectivity index (χ2v) is 6.45. The molecule has 0 N–H and O–H groups in total. The van der Waals surface area contributed by atoms with Gasteiger partial charge in [-0.2, -0.15) is 0 Å². The van der Waals surface area contributed by atoms with Gasteiger partial charge in [-0.05, 0) is 30.0 Å². The smallest absolute Gasteiger partial charge is 0.0406 e. The van der Waals surface area contributed by atoms with Crippen LogP contribution in [0.25, 0.3) is 0 Å². The molecule has 0 radical (unpaired) electrons. The lowest BCUT2D eigenvalue weighted by Crippen LogP contribution is -1.92. The molecule has 0 saturated carbocycles. The molecule has 0 nitrogen and oxygen atoms in total. The second-order valence-electron chi connectivity index (χ2n) is 6.01. The Hall–Kier alpha value is -0.490. The lowest BCUT2D eigenvalue weighted by molar-refractivity contribution is 0.624. The van der Waals surface area contributed by atoms with Crippen molar-refractivity contribution in [3.63, 3.8) is 0 Å². The highest BCUT2D eigenvalue weighted by atomic mass is 35.5.